The fraction of sp³-hybridized carbons (Fsp3) is 0. The van der Waals surface area contributed by atoms with Crippen LogP contribution in [0.3, 0.4) is 0 Å². The lowest BCUT2D eigenvalue weighted by Gasteiger charge is -1.97. The Kier molecular flexibility index (Phi) is 3.31. The molecule has 0 atom stereocenters. The first kappa shape index (κ1) is 13.3. The van der Waals surface area contributed by atoms with Gasteiger partial charge in [0.15, 0.2) is 5.65 Å². The summed E-state index contributed by atoms with van der Waals surface area (Å²) < 4.78 is 7.89. The molecule has 3 aromatic heterocycles. The second-order valence-corrected chi connectivity index (χ2v) is 5.98. The molecule has 0 radical (unpaired) electrons. The topological polar surface area (TPSA) is 94.9 Å². The molecule has 0 aliphatic rings. The SMILES string of the molecule is Brc1ccccc1-c1nnc(Sc2ccc3nnnn3n2)o1. The number of hydrogen-bond donors (Lipinski definition) is 0. The number of benzene rings is 1. The summed E-state index contributed by atoms with van der Waals surface area (Å²) in [6, 6.07) is 11.2. The van der Waals surface area contributed by atoms with Crippen LogP contribution < -0.4 is 0 Å². The van der Waals surface area contributed by atoms with Crippen LogP contribution in [-0.4, -0.2) is 35.5 Å². The molecule has 8 nitrogen and oxygen atoms in total. The predicted molar refractivity (Wildman–Crippen MR) is 80.1 cm³/mol. The molecule has 3 heterocycles. The van der Waals surface area contributed by atoms with Crippen LogP contribution in [-0.2, 0) is 0 Å². The minimum absolute atomic E-state index is 0.394. The van der Waals surface area contributed by atoms with Gasteiger partial charge in [0.2, 0.25) is 5.89 Å². The number of halogens is 1. The zero-order valence-electron chi connectivity index (χ0n) is 10.8. The van der Waals surface area contributed by atoms with E-state index in [0.717, 1.165) is 10.0 Å². The monoisotopic (exact) mass is 375 g/mol. The van der Waals surface area contributed by atoms with E-state index in [-0.39, 0.29) is 0 Å². The van der Waals surface area contributed by atoms with Crippen LogP contribution in [0.5, 0.6) is 0 Å². The molecule has 0 unspecified atom stereocenters. The maximum Gasteiger partial charge on any atom is 0.283 e. The summed E-state index contributed by atoms with van der Waals surface area (Å²) in [5, 5.41) is 24.4. The number of aromatic nitrogens is 7. The van der Waals surface area contributed by atoms with E-state index < -0.39 is 0 Å². The number of nitrogens with zero attached hydrogens (tertiary/aromatic N) is 7. The van der Waals surface area contributed by atoms with Crippen LogP contribution in [0.1, 0.15) is 0 Å². The van der Waals surface area contributed by atoms with Gasteiger partial charge in [-0.05, 0) is 62.4 Å². The standard InChI is InChI=1S/C12H6BrN7OS/c13-8-4-2-1-3-7(8)11-15-16-12(21-11)22-10-6-5-9-14-18-19-20(9)17-10/h1-6H. The van der Waals surface area contributed by atoms with Gasteiger partial charge in [-0.15, -0.1) is 25.0 Å². The van der Waals surface area contributed by atoms with Crippen LogP contribution in [0.4, 0.5) is 0 Å². The lowest BCUT2D eigenvalue weighted by molar-refractivity contribution is 0.465. The molecule has 0 fully saturated rings. The first-order valence-corrected chi connectivity index (χ1v) is 7.72. The molecule has 0 spiro atoms. The van der Waals surface area contributed by atoms with Crippen molar-refractivity contribution in [1.82, 2.24) is 35.5 Å². The van der Waals surface area contributed by atoms with Crippen molar-refractivity contribution < 1.29 is 4.42 Å². The van der Waals surface area contributed by atoms with Crippen LogP contribution in [0.15, 0.2) is 55.5 Å². The van der Waals surface area contributed by atoms with Crippen molar-refractivity contribution in [3.8, 4) is 11.5 Å². The Morgan fingerprint density at radius 2 is 1.95 bits per heavy atom. The van der Waals surface area contributed by atoms with E-state index in [1.807, 2.05) is 24.3 Å². The lowest BCUT2D eigenvalue weighted by atomic mass is 10.2. The van der Waals surface area contributed by atoms with E-state index >= 15 is 0 Å². The predicted octanol–water partition coefficient (Wildman–Crippen LogP) is 2.48. The Morgan fingerprint density at radius 3 is 2.86 bits per heavy atom. The van der Waals surface area contributed by atoms with Crippen molar-refractivity contribution >= 4 is 33.3 Å². The summed E-state index contributed by atoms with van der Waals surface area (Å²) >= 11 is 4.70. The first-order valence-electron chi connectivity index (χ1n) is 6.11. The van der Waals surface area contributed by atoms with Gasteiger partial charge in [0.1, 0.15) is 5.03 Å². The molecule has 0 bridgehead atoms. The molecule has 0 saturated carbocycles. The molecule has 0 aliphatic heterocycles. The zero-order chi connectivity index (χ0) is 14.9. The van der Waals surface area contributed by atoms with Gasteiger partial charge < -0.3 is 4.42 Å². The van der Waals surface area contributed by atoms with Crippen LogP contribution in [0, 0.1) is 0 Å². The third-order valence-corrected chi connectivity index (χ3v) is 4.21. The molecule has 4 rings (SSSR count). The third kappa shape index (κ3) is 2.46. The molecule has 0 amide bonds. The normalized spacial score (nSPS) is 11.1. The summed E-state index contributed by atoms with van der Waals surface area (Å²) in [6.07, 6.45) is 0. The number of rotatable bonds is 3. The Balaban J connectivity index is 1.63. The largest absolute Gasteiger partial charge is 0.411 e. The lowest BCUT2D eigenvalue weighted by Crippen LogP contribution is -1.95. The molecule has 0 N–H and O–H groups in total. The van der Waals surface area contributed by atoms with Gasteiger partial charge >= 0.3 is 0 Å². The van der Waals surface area contributed by atoms with E-state index in [0.29, 0.717) is 21.8 Å². The van der Waals surface area contributed by atoms with Crippen LogP contribution in [0.2, 0.25) is 0 Å². The van der Waals surface area contributed by atoms with Crippen LogP contribution in [0.25, 0.3) is 17.1 Å². The van der Waals surface area contributed by atoms with Crippen molar-refractivity contribution in [2.75, 3.05) is 0 Å². The van der Waals surface area contributed by atoms with E-state index in [1.165, 1.54) is 16.4 Å². The average molecular weight is 376 g/mol. The fourth-order valence-corrected chi connectivity index (χ4v) is 2.86. The second-order valence-electron chi connectivity index (χ2n) is 4.15. The fourth-order valence-electron chi connectivity index (χ4n) is 1.77. The highest BCUT2D eigenvalue weighted by Crippen LogP contribution is 2.31. The molecular formula is C12H6BrN7OS. The molecule has 22 heavy (non-hydrogen) atoms. The van der Waals surface area contributed by atoms with Gasteiger partial charge in [-0.2, -0.15) is 0 Å². The van der Waals surface area contributed by atoms with Gasteiger partial charge in [-0.25, -0.2) is 0 Å². The zero-order valence-corrected chi connectivity index (χ0v) is 13.2. The minimum atomic E-state index is 0.394. The smallest absolute Gasteiger partial charge is 0.283 e. The molecule has 10 heteroatoms. The molecule has 108 valence electrons. The summed E-state index contributed by atoms with van der Waals surface area (Å²) in [5.41, 5.74) is 1.41. The first-order chi connectivity index (χ1) is 10.8. The summed E-state index contributed by atoms with van der Waals surface area (Å²) in [6.45, 7) is 0. The van der Waals surface area contributed by atoms with Gasteiger partial charge in [0, 0.05) is 4.47 Å². The third-order valence-electron chi connectivity index (χ3n) is 2.75. The van der Waals surface area contributed by atoms with Gasteiger partial charge in [-0.1, -0.05) is 12.1 Å². The molecular weight excluding hydrogens is 370 g/mol. The van der Waals surface area contributed by atoms with Crippen molar-refractivity contribution in [3.63, 3.8) is 0 Å². The second kappa shape index (κ2) is 5.46. The molecule has 0 saturated heterocycles. The Hall–Kier alpha value is -2.33. The van der Waals surface area contributed by atoms with E-state index in [1.54, 1.807) is 12.1 Å². The average Bonchev–Trinajstić information content (AvgIpc) is 3.16. The minimum Gasteiger partial charge on any atom is -0.411 e. The van der Waals surface area contributed by atoms with E-state index in [4.69, 9.17) is 4.42 Å². The summed E-state index contributed by atoms with van der Waals surface area (Å²) in [7, 11) is 0. The van der Waals surface area contributed by atoms with Crippen molar-refractivity contribution in [3.05, 3.63) is 40.9 Å². The van der Waals surface area contributed by atoms with Crippen LogP contribution >= 0.6 is 27.7 Å². The maximum absolute atomic E-state index is 5.66. The number of fused-ring (bicyclic) bond motifs is 1. The Morgan fingerprint density at radius 1 is 1.05 bits per heavy atom. The van der Waals surface area contributed by atoms with E-state index in [2.05, 4.69) is 46.8 Å². The van der Waals surface area contributed by atoms with Crippen molar-refractivity contribution in [1.29, 1.82) is 0 Å². The summed E-state index contributed by atoms with van der Waals surface area (Å²) in [4.78, 5) is 0. The van der Waals surface area contributed by atoms with Gasteiger partial charge in [0.25, 0.3) is 5.22 Å². The quantitative estimate of drug-likeness (QED) is 0.538. The molecule has 1 aromatic carbocycles. The maximum atomic E-state index is 5.66. The highest BCUT2D eigenvalue weighted by atomic mass is 79.9. The highest BCUT2D eigenvalue weighted by molar-refractivity contribution is 9.10. The van der Waals surface area contributed by atoms with Crippen molar-refractivity contribution in [2.24, 2.45) is 0 Å². The highest BCUT2D eigenvalue weighted by Gasteiger charge is 2.13. The van der Waals surface area contributed by atoms with Gasteiger partial charge in [-0.3, -0.25) is 0 Å². The number of tetrazole rings is 1. The van der Waals surface area contributed by atoms with E-state index in [9.17, 15) is 0 Å². The van der Waals surface area contributed by atoms with Crippen molar-refractivity contribution in [2.45, 2.75) is 10.2 Å². The van der Waals surface area contributed by atoms with Gasteiger partial charge in [0.05, 0.1) is 5.56 Å². The number of hydrogen-bond acceptors (Lipinski definition) is 8. The molecule has 0 aliphatic carbocycles. The Labute approximate surface area is 136 Å². The molecule has 4 aromatic rings. The summed E-state index contributed by atoms with van der Waals surface area (Å²) in [5.74, 6) is 0.443. The Bertz CT molecular complexity index is 953.